The lowest BCUT2D eigenvalue weighted by atomic mass is 10.1. The van der Waals surface area contributed by atoms with E-state index in [2.05, 4.69) is 30.8 Å². The Labute approximate surface area is 215 Å². The van der Waals surface area contributed by atoms with Gasteiger partial charge in [-0.05, 0) is 36.9 Å². The number of aromatic amines is 1. The van der Waals surface area contributed by atoms with E-state index in [9.17, 15) is 14.4 Å². The summed E-state index contributed by atoms with van der Waals surface area (Å²) in [5.74, 6) is 0.332. The monoisotopic (exact) mass is 521 g/mol. The van der Waals surface area contributed by atoms with E-state index in [1.807, 2.05) is 48.7 Å². The molecular formula is C24H23N7O3S2. The van der Waals surface area contributed by atoms with Gasteiger partial charge < -0.3 is 10.6 Å². The molecule has 0 spiro atoms. The number of rotatable bonds is 8. The highest BCUT2D eigenvalue weighted by atomic mass is 32.2. The fourth-order valence-corrected chi connectivity index (χ4v) is 5.28. The lowest BCUT2D eigenvalue weighted by Gasteiger charge is -2.25. The van der Waals surface area contributed by atoms with Crippen molar-refractivity contribution in [3.05, 3.63) is 64.0 Å². The minimum atomic E-state index is -0.690. The van der Waals surface area contributed by atoms with E-state index in [0.29, 0.717) is 29.1 Å². The molecule has 3 aromatic rings. The van der Waals surface area contributed by atoms with Crippen LogP contribution in [0.4, 0.5) is 11.5 Å². The van der Waals surface area contributed by atoms with Gasteiger partial charge in [-0.3, -0.25) is 24.5 Å². The number of fused-ring (bicyclic) bond motifs is 3. The van der Waals surface area contributed by atoms with Crippen molar-refractivity contribution in [1.29, 1.82) is 0 Å². The number of nitrogens with zero attached hydrogens (tertiary/aromatic N) is 4. The Balaban J connectivity index is 1.25. The predicted octanol–water partition coefficient (Wildman–Crippen LogP) is 3.21. The van der Waals surface area contributed by atoms with Gasteiger partial charge in [-0.15, -0.1) is 11.3 Å². The van der Waals surface area contributed by atoms with Crippen molar-refractivity contribution in [2.45, 2.75) is 32.4 Å². The molecule has 0 radical (unpaired) electrons. The Morgan fingerprint density at radius 3 is 2.83 bits per heavy atom. The number of amides is 3. The maximum Gasteiger partial charge on any atom is 0.259 e. The van der Waals surface area contributed by atoms with Gasteiger partial charge in [0.2, 0.25) is 11.8 Å². The molecule has 10 nitrogen and oxygen atoms in total. The molecule has 3 N–H and O–H groups in total. The Morgan fingerprint density at radius 2 is 2.06 bits per heavy atom. The number of anilines is 1. The van der Waals surface area contributed by atoms with Gasteiger partial charge in [0.15, 0.2) is 11.0 Å². The summed E-state index contributed by atoms with van der Waals surface area (Å²) in [4.78, 5) is 50.0. The van der Waals surface area contributed by atoms with Crippen LogP contribution in [0.5, 0.6) is 0 Å². The van der Waals surface area contributed by atoms with Crippen LogP contribution < -0.4 is 10.6 Å². The molecule has 4 heterocycles. The number of aliphatic imine (C=N–C) groups is 2. The van der Waals surface area contributed by atoms with E-state index in [4.69, 9.17) is 0 Å². The number of hydrogen-bond acceptors (Lipinski definition) is 8. The zero-order valence-corrected chi connectivity index (χ0v) is 21.0. The van der Waals surface area contributed by atoms with Crippen molar-refractivity contribution in [2.75, 3.05) is 11.1 Å². The second-order valence-electron chi connectivity index (χ2n) is 8.22. The number of nitrogens with one attached hydrogen (secondary N) is 3. The number of para-hydroxylation sites is 1. The third-order valence-corrected chi connectivity index (χ3v) is 7.35. The number of carbonyl (C=O) groups excluding carboxylic acids is 3. The molecule has 0 saturated carbocycles. The van der Waals surface area contributed by atoms with Crippen LogP contribution in [0.25, 0.3) is 0 Å². The van der Waals surface area contributed by atoms with E-state index in [1.54, 1.807) is 17.4 Å². The van der Waals surface area contributed by atoms with E-state index in [-0.39, 0.29) is 36.3 Å². The van der Waals surface area contributed by atoms with Crippen molar-refractivity contribution in [3.63, 3.8) is 0 Å². The lowest BCUT2D eigenvalue weighted by molar-refractivity contribution is -0.125. The third kappa shape index (κ3) is 5.24. The Morgan fingerprint density at radius 1 is 1.19 bits per heavy atom. The van der Waals surface area contributed by atoms with Gasteiger partial charge in [0.1, 0.15) is 11.9 Å². The molecule has 0 fully saturated rings. The van der Waals surface area contributed by atoms with Gasteiger partial charge in [-0.2, -0.15) is 5.10 Å². The molecule has 184 valence electrons. The number of aromatic nitrogens is 2. The molecular weight excluding hydrogens is 498 g/mol. The molecule has 12 heteroatoms. The third-order valence-electron chi connectivity index (χ3n) is 5.54. The number of hydrogen-bond donors (Lipinski definition) is 3. The number of thioether (sulfide) groups is 1. The van der Waals surface area contributed by atoms with Crippen molar-refractivity contribution < 1.29 is 14.4 Å². The highest BCUT2D eigenvalue weighted by molar-refractivity contribution is 8.14. The van der Waals surface area contributed by atoms with Crippen LogP contribution in [0.2, 0.25) is 0 Å². The second kappa shape index (κ2) is 10.5. The van der Waals surface area contributed by atoms with Crippen molar-refractivity contribution in [1.82, 2.24) is 20.4 Å². The summed E-state index contributed by atoms with van der Waals surface area (Å²) >= 11 is 2.73. The molecule has 3 amide bonds. The first kappa shape index (κ1) is 23.9. The Kier molecular flexibility index (Phi) is 6.96. The van der Waals surface area contributed by atoms with Crippen LogP contribution >= 0.6 is 23.1 Å². The molecule has 5 rings (SSSR count). The van der Waals surface area contributed by atoms with E-state index >= 15 is 0 Å². The summed E-state index contributed by atoms with van der Waals surface area (Å²) in [6, 6.07) is 12.4. The van der Waals surface area contributed by atoms with E-state index < -0.39 is 6.04 Å². The Bertz CT molecular complexity index is 1360. The number of aryl methyl sites for hydroxylation is 1. The minimum Gasteiger partial charge on any atom is -0.351 e. The SMILES string of the molecule is Cc1cc(NC(=O)CSC2=Nc3ccccc3C3=N[C@@H](CCC(=O)NCc4cccs4)C(=O)N23)n[nH]1. The van der Waals surface area contributed by atoms with Gasteiger partial charge in [0.25, 0.3) is 5.91 Å². The molecule has 0 bridgehead atoms. The molecule has 1 atom stereocenters. The van der Waals surface area contributed by atoms with Gasteiger partial charge in [0.05, 0.1) is 18.0 Å². The number of benzene rings is 1. The molecule has 2 aromatic heterocycles. The highest BCUT2D eigenvalue weighted by Gasteiger charge is 2.41. The van der Waals surface area contributed by atoms with Crippen LogP contribution in [-0.4, -0.2) is 55.6 Å². The minimum absolute atomic E-state index is 0.0414. The average molecular weight is 522 g/mol. The largest absolute Gasteiger partial charge is 0.351 e. The number of thiophene rings is 1. The van der Waals surface area contributed by atoms with Gasteiger partial charge in [-0.25, -0.2) is 9.89 Å². The van der Waals surface area contributed by atoms with E-state index in [0.717, 1.165) is 27.9 Å². The predicted molar refractivity (Wildman–Crippen MR) is 141 cm³/mol. The summed E-state index contributed by atoms with van der Waals surface area (Å²) in [6.45, 7) is 2.31. The topological polar surface area (TPSA) is 132 Å². The summed E-state index contributed by atoms with van der Waals surface area (Å²) in [5.41, 5.74) is 2.26. The van der Waals surface area contributed by atoms with Crippen LogP contribution in [0.3, 0.4) is 0 Å². The maximum atomic E-state index is 13.3. The van der Waals surface area contributed by atoms with Gasteiger partial charge >= 0.3 is 0 Å². The van der Waals surface area contributed by atoms with Crippen LogP contribution in [0.1, 0.15) is 29.0 Å². The smallest absolute Gasteiger partial charge is 0.259 e. The summed E-state index contributed by atoms with van der Waals surface area (Å²) in [7, 11) is 0. The Hall–Kier alpha value is -3.77. The first-order valence-corrected chi connectivity index (χ1v) is 13.2. The van der Waals surface area contributed by atoms with Crippen molar-refractivity contribution in [2.24, 2.45) is 9.98 Å². The molecule has 0 aliphatic carbocycles. The summed E-state index contributed by atoms with van der Waals surface area (Å²) in [5, 5.41) is 14.7. The normalized spacial score (nSPS) is 16.2. The van der Waals surface area contributed by atoms with Gasteiger partial charge in [-0.1, -0.05) is 30.0 Å². The quantitative estimate of drug-likeness (QED) is 0.419. The summed E-state index contributed by atoms with van der Waals surface area (Å²) < 4.78 is 0. The van der Waals surface area contributed by atoms with Gasteiger partial charge in [0, 0.05) is 28.6 Å². The number of carbonyl (C=O) groups is 3. The number of H-pyrrole nitrogens is 1. The lowest BCUT2D eigenvalue weighted by Crippen LogP contribution is -2.41. The standard InChI is InChI=1S/C24H23N7O3S2/c1-14-11-19(30-29-14)28-21(33)13-36-24-27-17-7-3-2-6-16(17)22-26-18(23(34)31(22)24)8-9-20(32)25-12-15-5-4-10-35-15/h2-7,10-11,18H,8-9,12-13H2,1H3,(H,25,32)(H2,28,29,30,33)/t18-/m0/s1. The molecule has 0 unspecified atom stereocenters. The van der Waals surface area contributed by atoms with Crippen molar-refractivity contribution in [3.8, 4) is 0 Å². The van der Waals surface area contributed by atoms with E-state index in [1.165, 1.54) is 4.90 Å². The highest BCUT2D eigenvalue weighted by Crippen LogP contribution is 2.34. The van der Waals surface area contributed by atoms with Crippen LogP contribution in [0, 0.1) is 6.92 Å². The zero-order chi connectivity index (χ0) is 25.1. The first-order valence-electron chi connectivity index (χ1n) is 11.3. The molecule has 36 heavy (non-hydrogen) atoms. The number of amidine groups is 2. The molecule has 1 aromatic carbocycles. The molecule has 2 aliphatic heterocycles. The van der Waals surface area contributed by atoms with Crippen LogP contribution in [0.15, 0.2) is 57.8 Å². The average Bonchev–Trinajstić information content (AvgIpc) is 3.61. The second-order valence-corrected chi connectivity index (χ2v) is 10.2. The summed E-state index contributed by atoms with van der Waals surface area (Å²) in [6.07, 6.45) is 0.466. The van der Waals surface area contributed by atoms with Crippen LogP contribution in [-0.2, 0) is 20.9 Å². The fraction of sp³-hybridized carbons (Fsp3) is 0.250. The first-order chi connectivity index (χ1) is 17.5. The fourth-order valence-electron chi connectivity index (χ4n) is 3.83. The molecule has 2 aliphatic rings. The zero-order valence-electron chi connectivity index (χ0n) is 19.4. The molecule has 0 saturated heterocycles. The van der Waals surface area contributed by atoms with Crippen molar-refractivity contribution >= 4 is 63.3 Å². The maximum absolute atomic E-state index is 13.3.